The molecule has 188 valence electrons. The SMILES string of the molecule is CC(c1ccc(-c2cccc(OC(=O)O)c2)cc1Cl)C(O)(c1ccc2c(c1)oc(=O)n2C)C(F)(F)F. The van der Waals surface area contributed by atoms with Crippen LogP contribution in [0.1, 0.15) is 24.0 Å². The number of alkyl halides is 3. The van der Waals surface area contributed by atoms with Crippen molar-refractivity contribution < 1.29 is 37.3 Å². The number of nitrogens with zero attached hydrogens (tertiary/aromatic N) is 1. The van der Waals surface area contributed by atoms with E-state index in [2.05, 4.69) is 4.74 Å². The Morgan fingerprint density at radius 1 is 1.08 bits per heavy atom. The van der Waals surface area contributed by atoms with E-state index in [4.69, 9.17) is 21.1 Å². The van der Waals surface area contributed by atoms with Crippen molar-refractivity contribution in [1.82, 2.24) is 4.57 Å². The number of aliphatic hydroxyl groups is 1. The predicted octanol–water partition coefficient (Wildman–Crippen LogP) is 6.06. The second-order valence-corrected chi connectivity index (χ2v) is 8.63. The van der Waals surface area contributed by atoms with Crippen LogP contribution in [0.4, 0.5) is 18.0 Å². The molecule has 2 N–H and O–H groups in total. The fourth-order valence-electron chi connectivity index (χ4n) is 4.15. The largest absolute Gasteiger partial charge is 0.511 e. The maximum Gasteiger partial charge on any atom is 0.511 e. The Morgan fingerprint density at radius 3 is 2.42 bits per heavy atom. The fraction of sp³-hybridized carbons (Fsp3) is 0.200. The highest BCUT2D eigenvalue weighted by Gasteiger charge is 2.59. The van der Waals surface area contributed by atoms with E-state index in [1.165, 1.54) is 50.4 Å². The summed E-state index contributed by atoms with van der Waals surface area (Å²) in [5, 5.41) is 19.9. The van der Waals surface area contributed by atoms with Gasteiger partial charge in [-0.25, -0.2) is 9.59 Å². The molecule has 4 rings (SSSR count). The summed E-state index contributed by atoms with van der Waals surface area (Å²) in [6.07, 6.45) is -6.60. The molecule has 4 aromatic rings. The van der Waals surface area contributed by atoms with Crippen LogP contribution >= 0.6 is 11.6 Å². The highest BCUT2D eigenvalue weighted by Crippen LogP contribution is 2.50. The summed E-state index contributed by atoms with van der Waals surface area (Å²) in [7, 11) is 1.41. The number of oxazole rings is 1. The summed E-state index contributed by atoms with van der Waals surface area (Å²) >= 11 is 6.39. The molecule has 0 fully saturated rings. The summed E-state index contributed by atoms with van der Waals surface area (Å²) in [6, 6.07) is 13.7. The molecule has 0 aliphatic heterocycles. The molecule has 36 heavy (non-hydrogen) atoms. The molecule has 0 saturated carbocycles. The molecule has 0 bridgehead atoms. The van der Waals surface area contributed by atoms with Crippen LogP contribution < -0.4 is 10.5 Å². The maximum absolute atomic E-state index is 14.4. The minimum Gasteiger partial charge on any atom is -0.449 e. The molecular formula is C25H19ClF3NO6. The molecule has 0 aliphatic carbocycles. The minimum absolute atomic E-state index is 0.0211. The summed E-state index contributed by atoms with van der Waals surface area (Å²) < 4.78 is 53.9. The van der Waals surface area contributed by atoms with Crippen LogP contribution in [-0.2, 0) is 12.6 Å². The highest BCUT2D eigenvalue weighted by molar-refractivity contribution is 6.31. The number of carboxylic acid groups (broad SMARTS) is 1. The molecule has 1 aromatic heterocycles. The minimum atomic E-state index is -5.11. The van der Waals surface area contributed by atoms with E-state index in [0.717, 1.165) is 16.7 Å². The Balaban J connectivity index is 1.77. The third-order valence-electron chi connectivity index (χ3n) is 6.13. The summed E-state index contributed by atoms with van der Waals surface area (Å²) in [6.45, 7) is 1.20. The number of halogens is 4. The van der Waals surface area contributed by atoms with Gasteiger partial charge in [0.1, 0.15) is 5.75 Å². The lowest BCUT2D eigenvalue weighted by Crippen LogP contribution is -2.46. The van der Waals surface area contributed by atoms with E-state index >= 15 is 0 Å². The van der Waals surface area contributed by atoms with Gasteiger partial charge < -0.3 is 19.4 Å². The number of benzene rings is 3. The van der Waals surface area contributed by atoms with Crippen molar-refractivity contribution in [2.24, 2.45) is 7.05 Å². The Bertz CT molecular complexity index is 1530. The van der Waals surface area contributed by atoms with Gasteiger partial charge in [-0.15, -0.1) is 0 Å². The molecule has 3 aromatic carbocycles. The molecule has 0 spiro atoms. The topological polar surface area (TPSA) is 102 Å². The first-order valence-corrected chi connectivity index (χ1v) is 10.9. The molecule has 11 heteroatoms. The van der Waals surface area contributed by atoms with Crippen molar-refractivity contribution in [3.63, 3.8) is 0 Å². The van der Waals surface area contributed by atoms with E-state index in [1.54, 1.807) is 12.1 Å². The first-order valence-electron chi connectivity index (χ1n) is 10.5. The number of aromatic nitrogens is 1. The second-order valence-electron chi connectivity index (χ2n) is 8.23. The van der Waals surface area contributed by atoms with Gasteiger partial charge in [-0.2, -0.15) is 13.2 Å². The molecule has 0 aliphatic rings. The van der Waals surface area contributed by atoms with Gasteiger partial charge in [-0.3, -0.25) is 4.57 Å². The van der Waals surface area contributed by atoms with Crippen LogP contribution in [0.15, 0.2) is 69.9 Å². The third kappa shape index (κ3) is 4.33. The average Bonchev–Trinajstić information content (AvgIpc) is 3.09. The predicted molar refractivity (Wildman–Crippen MR) is 125 cm³/mol. The van der Waals surface area contributed by atoms with Crippen molar-refractivity contribution in [1.29, 1.82) is 0 Å². The number of hydrogen-bond donors (Lipinski definition) is 2. The Morgan fingerprint density at radius 2 is 1.78 bits per heavy atom. The van der Waals surface area contributed by atoms with Crippen LogP contribution in [0.5, 0.6) is 5.75 Å². The summed E-state index contributed by atoms with van der Waals surface area (Å²) in [5.74, 6) is -2.25. The van der Waals surface area contributed by atoms with E-state index in [-0.39, 0.29) is 27.4 Å². The van der Waals surface area contributed by atoms with Crippen LogP contribution in [0.2, 0.25) is 5.02 Å². The third-order valence-corrected chi connectivity index (χ3v) is 6.46. The van der Waals surface area contributed by atoms with E-state index < -0.39 is 35.2 Å². The highest BCUT2D eigenvalue weighted by atomic mass is 35.5. The Hall–Kier alpha value is -3.76. The van der Waals surface area contributed by atoms with Crippen molar-refractivity contribution in [2.75, 3.05) is 0 Å². The normalized spacial score (nSPS) is 14.4. The lowest BCUT2D eigenvalue weighted by atomic mass is 9.77. The van der Waals surface area contributed by atoms with E-state index in [0.29, 0.717) is 11.1 Å². The number of ether oxygens (including phenoxy) is 1. The first-order chi connectivity index (χ1) is 16.8. The lowest BCUT2D eigenvalue weighted by molar-refractivity contribution is -0.274. The molecule has 0 saturated heterocycles. The van der Waals surface area contributed by atoms with Crippen LogP contribution in [0.25, 0.3) is 22.2 Å². The van der Waals surface area contributed by atoms with Gasteiger partial charge >= 0.3 is 18.1 Å². The van der Waals surface area contributed by atoms with Crippen molar-refractivity contribution in [3.8, 4) is 16.9 Å². The van der Waals surface area contributed by atoms with Crippen LogP contribution in [0.3, 0.4) is 0 Å². The van der Waals surface area contributed by atoms with E-state index in [1.807, 2.05) is 0 Å². The molecule has 7 nitrogen and oxygen atoms in total. The monoisotopic (exact) mass is 521 g/mol. The molecule has 2 atom stereocenters. The quantitative estimate of drug-likeness (QED) is 0.244. The zero-order valence-corrected chi connectivity index (χ0v) is 19.6. The zero-order valence-electron chi connectivity index (χ0n) is 18.8. The van der Waals surface area contributed by atoms with Crippen molar-refractivity contribution in [3.05, 3.63) is 87.4 Å². The van der Waals surface area contributed by atoms with Crippen molar-refractivity contribution >= 4 is 28.9 Å². The Labute approximate surface area is 206 Å². The van der Waals surface area contributed by atoms with Gasteiger partial charge in [0.05, 0.1) is 5.52 Å². The molecule has 0 amide bonds. The fourth-order valence-corrected chi connectivity index (χ4v) is 4.50. The molecular weight excluding hydrogens is 503 g/mol. The summed E-state index contributed by atoms with van der Waals surface area (Å²) in [4.78, 5) is 22.6. The number of hydrogen-bond acceptors (Lipinski definition) is 5. The smallest absolute Gasteiger partial charge is 0.449 e. The van der Waals surface area contributed by atoms with Gasteiger partial charge in [0.15, 0.2) is 11.2 Å². The number of rotatable bonds is 5. The number of fused-ring (bicyclic) bond motifs is 1. The van der Waals surface area contributed by atoms with E-state index in [9.17, 15) is 27.9 Å². The lowest BCUT2D eigenvalue weighted by Gasteiger charge is -2.37. The maximum atomic E-state index is 14.4. The van der Waals surface area contributed by atoms with Gasteiger partial charge in [0.2, 0.25) is 0 Å². The molecule has 1 heterocycles. The summed E-state index contributed by atoms with van der Waals surface area (Å²) in [5.41, 5.74) is -2.66. The Kier molecular flexibility index (Phi) is 6.36. The van der Waals surface area contributed by atoms with Gasteiger partial charge in [0, 0.05) is 18.0 Å². The van der Waals surface area contributed by atoms with Crippen LogP contribution in [0, 0.1) is 0 Å². The van der Waals surface area contributed by atoms with Gasteiger partial charge in [0.25, 0.3) is 0 Å². The zero-order chi connectivity index (χ0) is 26.4. The van der Waals surface area contributed by atoms with Crippen LogP contribution in [-0.4, -0.2) is 27.1 Å². The molecule has 0 radical (unpaired) electrons. The van der Waals surface area contributed by atoms with Crippen molar-refractivity contribution in [2.45, 2.75) is 24.6 Å². The van der Waals surface area contributed by atoms with Gasteiger partial charge in [-0.05, 0) is 52.6 Å². The second kappa shape index (κ2) is 9.03. The van der Waals surface area contributed by atoms with Gasteiger partial charge in [-0.1, -0.05) is 48.9 Å². The number of aryl methyl sites for hydroxylation is 1. The number of carbonyl (C=O) groups is 1. The molecule has 2 unspecified atom stereocenters. The average molecular weight is 522 g/mol. The first kappa shape index (κ1) is 25.3. The standard InChI is InChI=1S/C25H19ClF3NO6/c1-13(18-8-6-15(11-19(18)26)14-4-3-5-17(10-14)35-23(32)33)24(34,25(27,28)29)16-7-9-20-21(12-16)36-22(31)30(20)2/h3-13,34H,1-2H3,(H,32,33).